The van der Waals surface area contributed by atoms with Crippen LogP contribution >= 0.6 is 0 Å². The van der Waals surface area contributed by atoms with Crippen molar-refractivity contribution in [2.75, 3.05) is 13.6 Å². The molecule has 4 heteroatoms. The zero-order valence-corrected chi connectivity index (χ0v) is 13.1. The molecule has 4 nitrogen and oxygen atoms in total. The molecule has 0 spiro atoms. The van der Waals surface area contributed by atoms with E-state index in [9.17, 15) is 0 Å². The lowest BCUT2D eigenvalue weighted by Crippen LogP contribution is -2.38. The van der Waals surface area contributed by atoms with Gasteiger partial charge in [-0.2, -0.15) is 0 Å². The standard InChI is InChI=1S/C17H24N4/c1-14-6-7-16(15(2)12-14)13-20-17(18-3)19-8-11-21-9-4-5-10-21/h4-7,9-10,12H,8,11,13H2,1-3H3,(H2,18,19,20). The Morgan fingerprint density at radius 1 is 1.14 bits per heavy atom. The molecule has 1 aromatic carbocycles. The Balaban J connectivity index is 1.79. The van der Waals surface area contributed by atoms with E-state index in [-0.39, 0.29) is 0 Å². The van der Waals surface area contributed by atoms with E-state index in [0.717, 1.165) is 25.6 Å². The normalized spacial score (nSPS) is 11.5. The molecule has 0 unspecified atom stereocenters. The zero-order valence-electron chi connectivity index (χ0n) is 13.1. The van der Waals surface area contributed by atoms with Gasteiger partial charge in [0.15, 0.2) is 5.96 Å². The highest BCUT2D eigenvalue weighted by Gasteiger charge is 2.01. The SMILES string of the molecule is CN=C(NCCn1cccc1)NCc1ccc(C)cc1C. The molecule has 112 valence electrons. The number of guanidine groups is 1. The van der Waals surface area contributed by atoms with Crippen molar-refractivity contribution >= 4 is 5.96 Å². The number of benzene rings is 1. The molecule has 0 bridgehead atoms. The summed E-state index contributed by atoms with van der Waals surface area (Å²) in [6, 6.07) is 10.6. The van der Waals surface area contributed by atoms with Crippen LogP contribution < -0.4 is 10.6 Å². The monoisotopic (exact) mass is 284 g/mol. The van der Waals surface area contributed by atoms with Crippen molar-refractivity contribution < 1.29 is 0 Å². The van der Waals surface area contributed by atoms with E-state index in [0.29, 0.717) is 0 Å². The van der Waals surface area contributed by atoms with Crippen LogP contribution in [0.5, 0.6) is 0 Å². The van der Waals surface area contributed by atoms with Crippen molar-refractivity contribution in [3.05, 3.63) is 59.4 Å². The second-order valence-electron chi connectivity index (χ2n) is 5.20. The average Bonchev–Trinajstić information content (AvgIpc) is 2.97. The molecular weight excluding hydrogens is 260 g/mol. The smallest absolute Gasteiger partial charge is 0.191 e. The largest absolute Gasteiger partial charge is 0.355 e. The topological polar surface area (TPSA) is 41.4 Å². The first-order valence-corrected chi connectivity index (χ1v) is 7.30. The summed E-state index contributed by atoms with van der Waals surface area (Å²) in [6.07, 6.45) is 4.13. The minimum absolute atomic E-state index is 0.787. The van der Waals surface area contributed by atoms with Crippen LogP contribution in [0.15, 0.2) is 47.7 Å². The Morgan fingerprint density at radius 2 is 1.90 bits per heavy atom. The Bertz CT molecular complexity index is 585. The maximum atomic E-state index is 4.25. The van der Waals surface area contributed by atoms with Crippen LogP contribution in [0.1, 0.15) is 16.7 Å². The molecule has 0 saturated carbocycles. The van der Waals surface area contributed by atoms with E-state index in [1.807, 2.05) is 12.1 Å². The number of hydrogen-bond acceptors (Lipinski definition) is 1. The van der Waals surface area contributed by atoms with Crippen LogP contribution in [0.25, 0.3) is 0 Å². The molecule has 2 N–H and O–H groups in total. The molecule has 1 heterocycles. The second kappa shape index (κ2) is 7.53. The number of aromatic nitrogens is 1. The van der Waals surface area contributed by atoms with Crippen LogP contribution in [-0.4, -0.2) is 24.1 Å². The number of aliphatic imine (C=N–C) groups is 1. The first-order valence-electron chi connectivity index (χ1n) is 7.30. The first-order chi connectivity index (χ1) is 10.2. The molecule has 0 aliphatic heterocycles. The van der Waals surface area contributed by atoms with Crippen molar-refractivity contribution in [1.82, 2.24) is 15.2 Å². The Kier molecular flexibility index (Phi) is 5.43. The van der Waals surface area contributed by atoms with Crippen molar-refractivity contribution in [3.8, 4) is 0 Å². The molecule has 0 radical (unpaired) electrons. The maximum absolute atomic E-state index is 4.25. The fourth-order valence-corrected chi connectivity index (χ4v) is 2.27. The van der Waals surface area contributed by atoms with Gasteiger partial charge in [0.2, 0.25) is 0 Å². The van der Waals surface area contributed by atoms with Gasteiger partial charge >= 0.3 is 0 Å². The highest BCUT2D eigenvalue weighted by Crippen LogP contribution is 2.09. The highest BCUT2D eigenvalue weighted by molar-refractivity contribution is 5.79. The number of nitrogens with zero attached hydrogens (tertiary/aromatic N) is 2. The summed E-state index contributed by atoms with van der Waals surface area (Å²) < 4.78 is 2.14. The maximum Gasteiger partial charge on any atom is 0.191 e. The number of hydrogen-bond donors (Lipinski definition) is 2. The summed E-state index contributed by atoms with van der Waals surface area (Å²) in [7, 11) is 1.80. The summed E-state index contributed by atoms with van der Waals surface area (Å²) in [4.78, 5) is 4.25. The van der Waals surface area contributed by atoms with Gasteiger partial charge in [0.1, 0.15) is 0 Å². The number of nitrogens with one attached hydrogen (secondary N) is 2. The molecule has 0 amide bonds. The third-order valence-corrected chi connectivity index (χ3v) is 3.50. The van der Waals surface area contributed by atoms with E-state index < -0.39 is 0 Å². The number of aryl methyl sites for hydroxylation is 2. The van der Waals surface area contributed by atoms with Crippen LogP contribution in [0.3, 0.4) is 0 Å². The van der Waals surface area contributed by atoms with E-state index in [1.54, 1.807) is 7.05 Å². The second-order valence-corrected chi connectivity index (χ2v) is 5.20. The number of rotatable bonds is 5. The van der Waals surface area contributed by atoms with Crippen LogP contribution in [0, 0.1) is 13.8 Å². The summed E-state index contributed by atoms with van der Waals surface area (Å²) >= 11 is 0. The predicted octanol–water partition coefficient (Wildman–Crippen LogP) is 2.47. The van der Waals surface area contributed by atoms with E-state index in [4.69, 9.17) is 0 Å². The molecule has 0 fully saturated rings. The van der Waals surface area contributed by atoms with Gasteiger partial charge in [0.05, 0.1) is 0 Å². The fourth-order valence-electron chi connectivity index (χ4n) is 2.27. The molecule has 2 aromatic rings. The molecule has 0 aliphatic rings. The Labute approximate surface area is 126 Å². The molecular formula is C17H24N4. The van der Waals surface area contributed by atoms with Gasteiger partial charge in [0.25, 0.3) is 0 Å². The van der Waals surface area contributed by atoms with Gasteiger partial charge in [-0.05, 0) is 37.1 Å². The van der Waals surface area contributed by atoms with Crippen molar-refractivity contribution in [1.29, 1.82) is 0 Å². The van der Waals surface area contributed by atoms with Gasteiger partial charge < -0.3 is 15.2 Å². The summed E-state index contributed by atoms with van der Waals surface area (Å²) in [5.74, 6) is 0.835. The predicted molar refractivity (Wildman–Crippen MR) is 88.5 cm³/mol. The summed E-state index contributed by atoms with van der Waals surface area (Å²) in [6.45, 7) is 6.83. The van der Waals surface area contributed by atoms with Crippen molar-refractivity contribution in [3.63, 3.8) is 0 Å². The zero-order chi connectivity index (χ0) is 15.1. The third kappa shape index (κ3) is 4.67. The average molecular weight is 284 g/mol. The van der Waals surface area contributed by atoms with Gasteiger partial charge in [-0.3, -0.25) is 4.99 Å². The van der Waals surface area contributed by atoms with Crippen molar-refractivity contribution in [2.24, 2.45) is 4.99 Å². The van der Waals surface area contributed by atoms with Gasteiger partial charge in [0, 0.05) is 39.1 Å². The fraction of sp³-hybridized carbons (Fsp3) is 0.353. The first kappa shape index (κ1) is 15.2. The summed E-state index contributed by atoms with van der Waals surface area (Å²) in [5, 5.41) is 6.68. The van der Waals surface area contributed by atoms with E-state index >= 15 is 0 Å². The Morgan fingerprint density at radius 3 is 2.57 bits per heavy atom. The molecule has 2 rings (SSSR count). The van der Waals surface area contributed by atoms with Crippen molar-refractivity contribution in [2.45, 2.75) is 26.9 Å². The highest BCUT2D eigenvalue weighted by atomic mass is 15.2. The van der Waals surface area contributed by atoms with Gasteiger partial charge in [-0.15, -0.1) is 0 Å². The lowest BCUT2D eigenvalue weighted by molar-refractivity contribution is 0.665. The summed E-state index contributed by atoms with van der Waals surface area (Å²) in [5.41, 5.74) is 3.91. The van der Waals surface area contributed by atoms with Crippen LogP contribution in [0.4, 0.5) is 0 Å². The minimum Gasteiger partial charge on any atom is -0.355 e. The van der Waals surface area contributed by atoms with Crippen LogP contribution in [0.2, 0.25) is 0 Å². The molecule has 21 heavy (non-hydrogen) atoms. The minimum atomic E-state index is 0.787. The van der Waals surface area contributed by atoms with E-state index in [1.165, 1.54) is 16.7 Å². The molecule has 0 aliphatic carbocycles. The third-order valence-electron chi connectivity index (χ3n) is 3.50. The Hall–Kier alpha value is -2.23. The van der Waals surface area contributed by atoms with Gasteiger partial charge in [-0.25, -0.2) is 0 Å². The lowest BCUT2D eigenvalue weighted by Gasteiger charge is -2.13. The quantitative estimate of drug-likeness (QED) is 0.654. The van der Waals surface area contributed by atoms with Gasteiger partial charge in [-0.1, -0.05) is 23.8 Å². The molecule has 1 aromatic heterocycles. The molecule has 0 atom stereocenters. The van der Waals surface area contributed by atoms with Crippen LogP contribution in [-0.2, 0) is 13.1 Å². The molecule has 0 saturated heterocycles. The lowest BCUT2D eigenvalue weighted by atomic mass is 10.1. The van der Waals surface area contributed by atoms with E-state index in [2.05, 4.69) is 64.6 Å².